The molecule has 0 saturated carbocycles. The maximum absolute atomic E-state index is 14.2. The molecule has 0 bridgehead atoms. The molecule has 3 heterocycles. The summed E-state index contributed by atoms with van der Waals surface area (Å²) >= 11 is 0. The lowest BCUT2D eigenvalue weighted by Crippen LogP contribution is -2.53. The quantitative estimate of drug-likeness (QED) is 0.430. The van der Waals surface area contributed by atoms with E-state index < -0.39 is 17.1 Å². The van der Waals surface area contributed by atoms with Gasteiger partial charge in [-0.15, -0.1) is 0 Å². The van der Waals surface area contributed by atoms with Crippen molar-refractivity contribution in [1.82, 2.24) is 0 Å². The predicted octanol–water partition coefficient (Wildman–Crippen LogP) is 4.87. The Morgan fingerprint density at radius 1 is 0.909 bits per heavy atom. The standard InChI is InChI=1S/C27H20N2O4/c1-2-21-27(26(31)29(28-21)18-13-7-4-8-14-18)23(17-11-5-3-6-12-17)22-24(33-27)19-15-9-10-16-20(19)32-25(22)30/h3-16,23H,2H2,1H3/t23-,27-/m0/s1. The third-order valence-corrected chi connectivity index (χ3v) is 6.39. The number of benzene rings is 3. The van der Waals surface area contributed by atoms with E-state index in [-0.39, 0.29) is 5.91 Å². The summed E-state index contributed by atoms with van der Waals surface area (Å²) in [5.74, 6) is -0.617. The summed E-state index contributed by atoms with van der Waals surface area (Å²) in [6, 6.07) is 26.0. The van der Waals surface area contributed by atoms with Crippen molar-refractivity contribution in [2.75, 3.05) is 5.01 Å². The first kappa shape index (κ1) is 19.5. The molecule has 6 nitrogen and oxygen atoms in total. The fraction of sp³-hybridized carbons (Fsp3) is 0.148. The second kappa shape index (κ2) is 7.17. The maximum atomic E-state index is 14.2. The number of hydrazone groups is 1. The molecule has 3 aromatic carbocycles. The third kappa shape index (κ3) is 2.64. The molecule has 1 spiro atoms. The molecular formula is C27H20N2O4. The fourth-order valence-electron chi connectivity index (χ4n) is 4.96. The van der Waals surface area contributed by atoms with Crippen molar-refractivity contribution in [2.45, 2.75) is 24.9 Å². The van der Waals surface area contributed by atoms with Crippen LogP contribution in [0.1, 0.15) is 30.4 Å². The van der Waals surface area contributed by atoms with Crippen LogP contribution in [0.2, 0.25) is 0 Å². The van der Waals surface area contributed by atoms with Gasteiger partial charge in [-0.2, -0.15) is 10.1 Å². The van der Waals surface area contributed by atoms with Crippen molar-refractivity contribution in [3.05, 3.63) is 106 Å². The van der Waals surface area contributed by atoms with Gasteiger partial charge in [0.2, 0.25) is 5.60 Å². The van der Waals surface area contributed by atoms with E-state index in [1.165, 1.54) is 5.01 Å². The highest BCUT2D eigenvalue weighted by Gasteiger charge is 2.64. The van der Waals surface area contributed by atoms with Gasteiger partial charge in [0, 0.05) is 0 Å². The Balaban J connectivity index is 1.65. The van der Waals surface area contributed by atoms with Crippen molar-refractivity contribution in [3.63, 3.8) is 0 Å². The van der Waals surface area contributed by atoms with E-state index in [2.05, 4.69) is 0 Å². The molecule has 4 aromatic rings. The minimum absolute atomic E-state index is 0.320. The minimum Gasteiger partial charge on any atom is -0.469 e. The average Bonchev–Trinajstić information content (AvgIpc) is 3.36. The van der Waals surface area contributed by atoms with E-state index in [1.807, 2.05) is 79.7 Å². The highest BCUT2D eigenvalue weighted by molar-refractivity contribution is 6.24. The van der Waals surface area contributed by atoms with Crippen LogP contribution >= 0.6 is 0 Å². The van der Waals surface area contributed by atoms with Gasteiger partial charge in [-0.1, -0.05) is 67.6 Å². The van der Waals surface area contributed by atoms with Crippen molar-refractivity contribution in [2.24, 2.45) is 5.10 Å². The van der Waals surface area contributed by atoms with E-state index in [9.17, 15) is 9.59 Å². The summed E-state index contributed by atoms with van der Waals surface area (Å²) in [5.41, 5.74) is 0.819. The summed E-state index contributed by atoms with van der Waals surface area (Å²) in [4.78, 5) is 27.4. The number of carbonyl (C=O) groups excluding carboxylic acids is 1. The number of hydrogen-bond donors (Lipinski definition) is 0. The topological polar surface area (TPSA) is 72.1 Å². The van der Waals surface area contributed by atoms with E-state index in [4.69, 9.17) is 14.3 Å². The lowest BCUT2D eigenvalue weighted by Gasteiger charge is -2.30. The highest BCUT2D eigenvalue weighted by Crippen LogP contribution is 2.53. The Bertz CT molecular complexity index is 1480. The third-order valence-electron chi connectivity index (χ3n) is 6.39. The van der Waals surface area contributed by atoms with Gasteiger partial charge in [0.25, 0.3) is 5.91 Å². The second-order valence-electron chi connectivity index (χ2n) is 8.16. The molecule has 0 unspecified atom stereocenters. The van der Waals surface area contributed by atoms with Gasteiger partial charge in [-0.3, -0.25) is 4.79 Å². The van der Waals surface area contributed by atoms with Crippen LogP contribution in [0.25, 0.3) is 11.0 Å². The Morgan fingerprint density at radius 3 is 2.30 bits per heavy atom. The van der Waals surface area contributed by atoms with Crippen molar-refractivity contribution in [1.29, 1.82) is 0 Å². The average molecular weight is 436 g/mol. The van der Waals surface area contributed by atoms with Crippen molar-refractivity contribution < 1.29 is 13.9 Å². The molecule has 0 fully saturated rings. The SMILES string of the molecule is CCC1=NN(c2ccccc2)C(=O)[C@]12Oc1c(c(=O)oc3ccccc13)[C@@H]2c1ccccc1. The van der Waals surface area contributed by atoms with Crippen LogP contribution in [-0.4, -0.2) is 17.2 Å². The molecule has 6 heteroatoms. The van der Waals surface area contributed by atoms with Gasteiger partial charge < -0.3 is 9.15 Å². The summed E-state index contributed by atoms with van der Waals surface area (Å²) in [5, 5.41) is 6.76. The van der Waals surface area contributed by atoms with Gasteiger partial charge in [-0.25, -0.2) is 4.79 Å². The molecule has 0 aliphatic carbocycles. The number of para-hydroxylation sites is 2. The molecule has 6 rings (SSSR count). The van der Waals surface area contributed by atoms with E-state index in [1.54, 1.807) is 12.1 Å². The molecule has 33 heavy (non-hydrogen) atoms. The van der Waals surface area contributed by atoms with Gasteiger partial charge in [0.15, 0.2) is 0 Å². The number of fused-ring (bicyclic) bond motifs is 3. The van der Waals surface area contributed by atoms with Crippen LogP contribution in [0.5, 0.6) is 5.75 Å². The summed E-state index contributed by atoms with van der Waals surface area (Å²) in [6.07, 6.45) is 0.482. The zero-order valence-electron chi connectivity index (χ0n) is 17.9. The largest absolute Gasteiger partial charge is 0.469 e. The monoisotopic (exact) mass is 436 g/mol. The Hall–Kier alpha value is -4.19. The molecule has 0 N–H and O–H groups in total. The van der Waals surface area contributed by atoms with Crippen LogP contribution < -0.4 is 15.4 Å². The molecule has 2 atom stereocenters. The van der Waals surface area contributed by atoms with Crippen molar-refractivity contribution in [3.8, 4) is 5.75 Å². The summed E-state index contributed by atoms with van der Waals surface area (Å²) < 4.78 is 12.3. The number of carbonyl (C=O) groups is 1. The van der Waals surface area contributed by atoms with E-state index >= 15 is 0 Å². The van der Waals surface area contributed by atoms with Crippen LogP contribution in [0, 0.1) is 0 Å². The highest BCUT2D eigenvalue weighted by atomic mass is 16.5. The van der Waals surface area contributed by atoms with Gasteiger partial charge in [0.1, 0.15) is 11.3 Å². The van der Waals surface area contributed by atoms with Crippen LogP contribution in [0.4, 0.5) is 5.69 Å². The van der Waals surface area contributed by atoms with E-state index in [0.717, 1.165) is 5.56 Å². The van der Waals surface area contributed by atoms with Gasteiger partial charge >= 0.3 is 5.63 Å². The Morgan fingerprint density at radius 2 is 1.58 bits per heavy atom. The zero-order valence-corrected chi connectivity index (χ0v) is 17.9. The first-order chi connectivity index (χ1) is 16.1. The van der Waals surface area contributed by atoms with E-state index in [0.29, 0.717) is 40.1 Å². The molecule has 0 radical (unpaired) electrons. The maximum Gasteiger partial charge on any atom is 0.344 e. The predicted molar refractivity (Wildman–Crippen MR) is 126 cm³/mol. The molecule has 2 aliphatic heterocycles. The fourth-order valence-corrected chi connectivity index (χ4v) is 4.96. The lowest BCUT2D eigenvalue weighted by molar-refractivity contribution is -0.127. The first-order valence-corrected chi connectivity index (χ1v) is 10.9. The summed E-state index contributed by atoms with van der Waals surface area (Å²) in [6.45, 7) is 1.94. The number of amides is 1. The molecule has 162 valence electrons. The van der Waals surface area contributed by atoms with Crippen molar-refractivity contribution >= 4 is 28.3 Å². The Kier molecular flexibility index (Phi) is 4.23. The molecule has 0 saturated heterocycles. The minimum atomic E-state index is -1.47. The van der Waals surface area contributed by atoms with Crippen LogP contribution in [-0.2, 0) is 4.79 Å². The molecule has 1 amide bonds. The van der Waals surface area contributed by atoms with Gasteiger partial charge in [-0.05, 0) is 36.2 Å². The summed E-state index contributed by atoms with van der Waals surface area (Å²) in [7, 11) is 0. The number of hydrogen-bond acceptors (Lipinski definition) is 5. The molecule has 2 aliphatic rings. The first-order valence-electron chi connectivity index (χ1n) is 10.9. The number of rotatable bonds is 3. The number of nitrogens with zero attached hydrogens (tertiary/aromatic N) is 2. The smallest absolute Gasteiger partial charge is 0.344 e. The van der Waals surface area contributed by atoms with Crippen LogP contribution in [0.15, 0.2) is 99.2 Å². The normalized spacial score (nSPS) is 21.4. The number of ether oxygens (including phenoxy) is 1. The van der Waals surface area contributed by atoms with Crippen LogP contribution in [0.3, 0.4) is 0 Å². The second-order valence-corrected chi connectivity index (χ2v) is 8.16. The lowest BCUT2D eigenvalue weighted by atomic mass is 9.76. The Labute approximate surface area is 189 Å². The number of anilines is 1. The molecular weight excluding hydrogens is 416 g/mol. The molecule has 1 aromatic heterocycles. The van der Waals surface area contributed by atoms with Gasteiger partial charge in [0.05, 0.1) is 28.3 Å². The zero-order chi connectivity index (χ0) is 22.6.